The highest BCUT2D eigenvalue weighted by atomic mass is 16.3. The van der Waals surface area contributed by atoms with E-state index in [1.165, 1.54) is 5.56 Å². The van der Waals surface area contributed by atoms with E-state index in [1.54, 1.807) is 0 Å². The first kappa shape index (κ1) is 17.9. The Bertz CT molecular complexity index is 1370. The number of pyridine rings is 2. The Hall–Kier alpha value is -3.20. The van der Waals surface area contributed by atoms with Crippen molar-refractivity contribution in [1.82, 2.24) is 9.97 Å². The standard InChI is InChI=1S/C26H24N2O/c1-16-18-8-9-20-19-6-5-7-22(25(19)29-24(20)21(18)11-13-27-16)23-14-17(10-12-28-23)15-26(2,3)4/h5-14H,15H2,1-4H3. The van der Waals surface area contributed by atoms with Gasteiger partial charge in [0.15, 0.2) is 0 Å². The highest BCUT2D eigenvalue weighted by molar-refractivity contribution is 6.17. The van der Waals surface area contributed by atoms with Gasteiger partial charge in [0.25, 0.3) is 0 Å². The lowest BCUT2D eigenvalue weighted by molar-refractivity contribution is 0.411. The number of benzene rings is 2. The van der Waals surface area contributed by atoms with Crippen molar-refractivity contribution in [2.45, 2.75) is 34.1 Å². The van der Waals surface area contributed by atoms with E-state index in [-0.39, 0.29) is 5.41 Å². The lowest BCUT2D eigenvalue weighted by Crippen LogP contribution is -2.09. The Labute approximate surface area is 170 Å². The summed E-state index contributed by atoms with van der Waals surface area (Å²) in [5.74, 6) is 0. The molecule has 0 unspecified atom stereocenters. The SMILES string of the molecule is Cc1nccc2c1ccc1c3cccc(-c4cc(CC(C)(C)C)ccn4)c3oc21. The van der Waals surface area contributed by atoms with E-state index in [2.05, 4.69) is 73.2 Å². The summed E-state index contributed by atoms with van der Waals surface area (Å²) in [4.78, 5) is 9.09. The Morgan fingerprint density at radius 1 is 0.793 bits per heavy atom. The quantitative estimate of drug-likeness (QED) is 0.328. The van der Waals surface area contributed by atoms with E-state index in [0.29, 0.717) is 0 Å². The molecule has 0 radical (unpaired) electrons. The molecule has 0 saturated heterocycles. The number of hydrogen-bond donors (Lipinski definition) is 0. The van der Waals surface area contributed by atoms with Crippen molar-refractivity contribution < 1.29 is 4.42 Å². The topological polar surface area (TPSA) is 38.9 Å². The molecule has 5 aromatic rings. The van der Waals surface area contributed by atoms with E-state index in [4.69, 9.17) is 4.42 Å². The van der Waals surface area contributed by atoms with Gasteiger partial charge in [-0.05, 0) is 54.7 Å². The average Bonchev–Trinajstić information content (AvgIpc) is 3.06. The zero-order chi connectivity index (χ0) is 20.2. The van der Waals surface area contributed by atoms with Crippen LogP contribution in [0.2, 0.25) is 0 Å². The van der Waals surface area contributed by atoms with Gasteiger partial charge in [0.2, 0.25) is 0 Å². The smallest absolute Gasteiger partial charge is 0.144 e. The van der Waals surface area contributed by atoms with Crippen LogP contribution in [0.1, 0.15) is 32.0 Å². The fraction of sp³-hybridized carbons (Fsp3) is 0.231. The van der Waals surface area contributed by atoms with Gasteiger partial charge >= 0.3 is 0 Å². The predicted octanol–water partition coefficient (Wildman–Crippen LogP) is 7.09. The molecule has 0 aliphatic carbocycles. The third-order valence-electron chi connectivity index (χ3n) is 5.44. The average molecular weight is 380 g/mol. The molecule has 3 heterocycles. The molecule has 0 amide bonds. The summed E-state index contributed by atoms with van der Waals surface area (Å²) in [7, 11) is 0. The van der Waals surface area contributed by atoms with Crippen molar-refractivity contribution in [3.63, 3.8) is 0 Å². The summed E-state index contributed by atoms with van der Waals surface area (Å²) in [6.45, 7) is 8.81. The van der Waals surface area contributed by atoms with Crippen molar-refractivity contribution in [2.75, 3.05) is 0 Å². The van der Waals surface area contributed by atoms with Crippen LogP contribution in [0.4, 0.5) is 0 Å². The van der Waals surface area contributed by atoms with Crippen LogP contribution in [0.5, 0.6) is 0 Å². The van der Waals surface area contributed by atoms with Crippen LogP contribution in [0.3, 0.4) is 0 Å². The number of fused-ring (bicyclic) bond motifs is 5. The number of para-hydroxylation sites is 1. The largest absolute Gasteiger partial charge is 0.455 e. The number of nitrogens with zero attached hydrogens (tertiary/aromatic N) is 2. The molecule has 0 bridgehead atoms. The molecule has 29 heavy (non-hydrogen) atoms. The number of rotatable bonds is 2. The zero-order valence-electron chi connectivity index (χ0n) is 17.3. The third kappa shape index (κ3) is 3.07. The lowest BCUT2D eigenvalue weighted by atomic mass is 9.88. The molecule has 0 aliphatic rings. The Morgan fingerprint density at radius 2 is 1.52 bits per heavy atom. The summed E-state index contributed by atoms with van der Waals surface area (Å²) in [5, 5.41) is 4.49. The number of aryl methyl sites for hydroxylation is 1. The van der Waals surface area contributed by atoms with Crippen LogP contribution >= 0.6 is 0 Å². The minimum Gasteiger partial charge on any atom is -0.455 e. The normalized spacial score (nSPS) is 12.3. The van der Waals surface area contributed by atoms with Gasteiger partial charge in [0.05, 0.1) is 5.69 Å². The van der Waals surface area contributed by atoms with Gasteiger partial charge in [-0.2, -0.15) is 0 Å². The number of furan rings is 1. The number of hydrogen-bond acceptors (Lipinski definition) is 3. The van der Waals surface area contributed by atoms with Gasteiger partial charge in [-0.15, -0.1) is 0 Å². The van der Waals surface area contributed by atoms with Crippen LogP contribution in [0.15, 0.2) is 65.3 Å². The minimum atomic E-state index is 0.231. The molecule has 0 aliphatic heterocycles. The molecule has 0 N–H and O–H groups in total. The summed E-state index contributed by atoms with van der Waals surface area (Å²) in [6.07, 6.45) is 4.76. The molecule has 5 rings (SSSR count). The monoisotopic (exact) mass is 380 g/mol. The predicted molar refractivity (Wildman–Crippen MR) is 120 cm³/mol. The van der Waals surface area contributed by atoms with Gasteiger partial charge in [0.1, 0.15) is 11.2 Å². The van der Waals surface area contributed by atoms with Crippen molar-refractivity contribution in [2.24, 2.45) is 5.41 Å². The third-order valence-corrected chi connectivity index (χ3v) is 5.44. The van der Waals surface area contributed by atoms with Crippen molar-refractivity contribution in [3.05, 3.63) is 72.2 Å². The molecule has 0 saturated carbocycles. The first-order valence-corrected chi connectivity index (χ1v) is 10.1. The molecule has 0 fully saturated rings. The minimum absolute atomic E-state index is 0.231. The van der Waals surface area contributed by atoms with Gasteiger partial charge in [-0.1, -0.05) is 39.0 Å². The summed E-state index contributed by atoms with van der Waals surface area (Å²) < 4.78 is 6.48. The van der Waals surface area contributed by atoms with Gasteiger partial charge in [-0.25, -0.2) is 0 Å². The zero-order valence-corrected chi connectivity index (χ0v) is 17.3. The van der Waals surface area contributed by atoms with Gasteiger partial charge in [-0.3, -0.25) is 9.97 Å². The van der Waals surface area contributed by atoms with E-state index in [9.17, 15) is 0 Å². The molecule has 3 aromatic heterocycles. The van der Waals surface area contributed by atoms with Crippen LogP contribution in [0, 0.1) is 12.3 Å². The van der Waals surface area contributed by atoms with E-state index >= 15 is 0 Å². The maximum absolute atomic E-state index is 6.48. The molecule has 3 heteroatoms. The maximum atomic E-state index is 6.48. The van der Waals surface area contributed by atoms with E-state index in [0.717, 1.165) is 56.1 Å². The molecule has 144 valence electrons. The van der Waals surface area contributed by atoms with Crippen LogP contribution in [0.25, 0.3) is 44.0 Å². The van der Waals surface area contributed by atoms with Crippen LogP contribution in [-0.2, 0) is 6.42 Å². The second kappa shape index (κ2) is 6.41. The maximum Gasteiger partial charge on any atom is 0.144 e. The first-order valence-electron chi connectivity index (χ1n) is 10.1. The van der Waals surface area contributed by atoms with Crippen molar-refractivity contribution >= 4 is 32.7 Å². The highest BCUT2D eigenvalue weighted by Gasteiger charge is 2.17. The second-order valence-electron chi connectivity index (χ2n) is 9.00. The van der Waals surface area contributed by atoms with Gasteiger partial charge < -0.3 is 4.42 Å². The molecule has 0 spiro atoms. The van der Waals surface area contributed by atoms with Crippen LogP contribution < -0.4 is 0 Å². The molecule has 2 aromatic carbocycles. The summed E-state index contributed by atoms with van der Waals surface area (Å²) in [5.41, 5.74) is 6.34. The number of aromatic nitrogens is 2. The fourth-order valence-electron chi connectivity index (χ4n) is 4.20. The van der Waals surface area contributed by atoms with E-state index in [1.807, 2.05) is 25.4 Å². The summed E-state index contributed by atoms with van der Waals surface area (Å²) >= 11 is 0. The Kier molecular flexibility index (Phi) is 3.95. The van der Waals surface area contributed by atoms with Crippen molar-refractivity contribution in [1.29, 1.82) is 0 Å². The molecule has 3 nitrogen and oxygen atoms in total. The summed E-state index contributed by atoms with van der Waals surface area (Å²) in [6, 6.07) is 16.9. The van der Waals surface area contributed by atoms with Crippen molar-refractivity contribution in [3.8, 4) is 11.3 Å². The second-order valence-corrected chi connectivity index (χ2v) is 9.00. The molecular formula is C26H24N2O. The Balaban J connectivity index is 1.76. The first-order chi connectivity index (χ1) is 13.9. The lowest BCUT2D eigenvalue weighted by Gasteiger charge is -2.18. The van der Waals surface area contributed by atoms with Gasteiger partial charge in [0, 0.05) is 45.2 Å². The molecule has 0 atom stereocenters. The molecular weight excluding hydrogens is 356 g/mol. The van der Waals surface area contributed by atoms with Crippen LogP contribution in [-0.4, -0.2) is 9.97 Å². The highest BCUT2D eigenvalue weighted by Crippen LogP contribution is 2.38. The fourth-order valence-corrected chi connectivity index (χ4v) is 4.20. The van der Waals surface area contributed by atoms with E-state index < -0.39 is 0 Å². The Morgan fingerprint density at radius 3 is 2.34 bits per heavy atom.